The van der Waals surface area contributed by atoms with Crippen molar-refractivity contribution in [3.05, 3.63) is 46.5 Å². The quantitative estimate of drug-likeness (QED) is 0.477. The highest BCUT2D eigenvalue weighted by Gasteiger charge is 2.12. The number of nitrogens with two attached hydrogens (primary N) is 1. The van der Waals surface area contributed by atoms with Gasteiger partial charge in [-0.3, -0.25) is 10.1 Å². The number of nitro groups is 1. The normalized spacial score (nSPS) is 10.0. The van der Waals surface area contributed by atoms with Crippen molar-refractivity contribution in [1.29, 1.82) is 0 Å². The molecule has 0 radical (unpaired) electrons. The molecule has 8 heteroatoms. The Morgan fingerprint density at radius 1 is 1.33 bits per heavy atom. The predicted octanol–water partition coefficient (Wildman–Crippen LogP) is 2.47. The van der Waals surface area contributed by atoms with Gasteiger partial charge in [0, 0.05) is 6.07 Å². The summed E-state index contributed by atoms with van der Waals surface area (Å²) in [5, 5.41) is 10.8. The summed E-state index contributed by atoms with van der Waals surface area (Å²) in [6.07, 6.45) is 0. The van der Waals surface area contributed by atoms with Gasteiger partial charge >= 0.3 is 0 Å². The Labute approximate surface area is 120 Å². The van der Waals surface area contributed by atoms with Gasteiger partial charge in [0.2, 0.25) is 5.88 Å². The van der Waals surface area contributed by atoms with Crippen LogP contribution >= 0.6 is 0 Å². The molecule has 0 unspecified atom stereocenters. The van der Waals surface area contributed by atoms with Crippen molar-refractivity contribution < 1.29 is 14.4 Å². The van der Waals surface area contributed by atoms with E-state index in [0.717, 1.165) is 0 Å². The molecule has 3 N–H and O–H groups in total. The third-order valence-electron chi connectivity index (χ3n) is 2.48. The van der Waals surface area contributed by atoms with E-state index in [-0.39, 0.29) is 17.4 Å². The molecule has 0 saturated carbocycles. The second kappa shape index (κ2) is 6.53. The summed E-state index contributed by atoms with van der Waals surface area (Å²) in [4.78, 5) is 14.3. The SMILES string of the molecule is CCOc1cccc(Oc2cc([N+](=O)[O-])cc(NN)n2)c1. The van der Waals surface area contributed by atoms with E-state index in [1.807, 2.05) is 6.92 Å². The van der Waals surface area contributed by atoms with E-state index in [1.54, 1.807) is 24.3 Å². The van der Waals surface area contributed by atoms with Crippen LogP contribution in [-0.2, 0) is 0 Å². The molecule has 0 aliphatic carbocycles. The van der Waals surface area contributed by atoms with Crippen molar-refractivity contribution in [3.63, 3.8) is 0 Å². The van der Waals surface area contributed by atoms with Crippen molar-refractivity contribution in [1.82, 2.24) is 4.98 Å². The lowest BCUT2D eigenvalue weighted by Crippen LogP contribution is -2.09. The Kier molecular flexibility index (Phi) is 4.52. The lowest BCUT2D eigenvalue weighted by molar-refractivity contribution is -0.384. The minimum Gasteiger partial charge on any atom is -0.494 e. The van der Waals surface area contributed by atoms with Crippen LogP contribution in [0.1, 0.15) is 6.92 Å². The number of anilines is 1. The maximum Gasteiger partial charge on any atom is 0.278 e. The highest BCUT2D eigenvalue weighted by atomic mass is 16.6. The van der Waals surface area contributed by atoms with Gasteiger partial charge in [0.05, 0.1) is 23.7 Å². The molecule has 2 aromatic rings. The molecule has 0 amide bonds. The fraction of sp³-hybridized carbons (Fsp3) is 0.154. The third-order valence-corrected chi connectivity index (χ3v) is 2.48. The summed E-state index contributed by atoms with van der Waals surface area (Å²) in [5.41, 5.74) is 2.09. The van der Waals surface area contributed by atoms with Crippen LogP contribution in [0.3, 0.4) is 0 Å². The Bertz CT molecular complexity index is 648. The molecule has 0 fully saturated rings. The average molecular weight is 290 g/mol. The summed E-state index contributed by atoms with van der Waals surface area (Å²) in [5.74, 6) is 6.53. The summed E-state index contributed by atoms with van der Waals surface area (Å²) in [6, 6.07) is 9.32. The van der Waals surface area contributed by atoms with Gasteiger partial charge in [-0.2, -0.15) is 4.98 Å². The van der Waals surface area contributed by atoms with E-state index < -0.39 is 4.92 Å². The molecule has 2 rings (SSSR count). The van der Waals surface area contributed by atoms with Gasteiger partial charge in [0.25, 0.3) is 5.69 Å². The molecule has 1 heterocycles. The molecule has 1 aromatic carbocycles. The molecule has 110 valence electrons. The van der Waals surface area contributed by atoms with E-state index >= 15 is 0 Å². The number of nitrogens with zero attached hydrogens (tertiary/aromatic N) is 2. The van der Waals surface area contributed by atoms with Crippen LogP contribution < -0.4 is 20.7 Å². The second-order valence-corrected chi connectivity index (χ2v) is 3.96. The summed E-state index contributed by atoms with van der Waals surface area (Å²) in [6.45, 7) is 2.40. The number of hydrogen-bond donors (Lipinski definition) is 2. The fourth-order valence-electron chi connectivity index (χ4n) is 1.64. The van der Waals surface area contributed by atoms with E-state index in [9.17, 15) is 10.1 Å². The monoisotopic (exact) mass is 290 g/mol. The minimum absolute atomic E-state index is 0.0609. The van der Waals surface area contributed by atoms with E-state index in [4.69, 9.17) is 15.3 Å². The number of hydrogen-bond acceptors (Lipinski definition) is 7. The second-order valence-electron chi connectivity index (χ2n) is 3.96. The smallest absolute Gasteiger partial charge is 0.278 e. The first-order valence-electron chi connectivity index (χ1n) is 6.16. The number of ether oxygens (including phenoxy) is 2. The highest BCUT2D eigenvalue weighted by molar-refractivity contribution is 5.48. The number of aromatic nitrogens is 1. The van der Waals surface area contributed by atoms with Crippen LogP contribution in [0.5, 0.6) is 17.4 Å². The van der Waals surface area contributed by atoms with Gasteiger partial charge in [-0.1, -0.05) is 6.07 Å². The zero-order valence-corrected chi connectivity index (χ0v) is 11.3. The van der Waals surface area contributed by atoms with Crippen molar-refractivity contribution in [2.45, 2.75) is 6.92 Å². The molecule has 0 bridgehead atoms. The summed E-state index contributed by atoms with van der Waals surface area (Å²) >= 11 is 0. The lowest BCUT2D eigenvalue weighted by atomic mass is 10.3. The minimum atomic E-state index is -0.550. The molecule has 8 nitrogen and oxygen atoms in total. The molecule has 0 aliphatic heterocycles. The Morgan fingerprint density at radius 3 is 2.76 bits per heavy atom. The number of benzene rings is 1. The van der Waals surface area contributed by atoms with Gasteiger partial charge in [-0.05, 0) is 19.1 Å². The zero-order valence-electron chi connectivity index (χ0n) is 11.3. The van der Waals surface area contributed by atoms with Crippen LogP contribution in [0.2, 0.25) is 0 Å². The van der Waals surface area contributed by atoms with Crippen LogP contribution in [0.15, 0.2) is 36.4 Å². The standard InChI is InChI=1S/C13H14N4O4/c1-2-20-10-4-3-5-11(8-10)21-13-7-9(17(18)19)6-12(15-13)16-14/h3-8H,2,14H2,1H3,(H,15,16). The molecule has 21 heavy (non-hydrogen) atoms. The number of nitrogens with one attached hydrogen (secondary N) is 1. The molecule has 0 saturated heterocycles. The first-order chi connectivity index (χ1) is 10.1. The largest absolute Gasteiger partial charge is 0.494 e. The van der Waals surface area contributed by atoms with Gasteiger partial charge in [-0.25, -0.2) is 5.84 Å². The van der Waals surface area contributed by atoms with Crippen LogP contribution in [0.4, 0.5) is 11.5 Å². The van der Waals surface area contributed by atoms with Crippen LogP contribution in [0.25, 0.3) is 0 Å². The molecular formula is C13H14N4O4. The van der Waals surface area contributed by atoms with Crippen molar-refractivity contribution >= 4 is 11.5 Å². The van der Waals surface area contributed by atoms with Crippen molar-refractivity contribution in [2.75, 3.05) is 12.0 Å². The number of nitrogen functional groups attached to an aromatic ring is 1. The third kappa shape index (κ3) is 3.80. The number of pyridine rings is 1. The maximum atomic E-state index is 10.8. The van der Waals surface area contributed by atoms with Gasteiger partial charge in [0.15, 0.2) is 5.82 Å². The average Bonchev–Trinajstić information content (AvgIpc) is 2.47. The van der Waals surface area contributed by atoms with Crippen molar-refractivity contribution in [2.24, 2.45) is 5.84 Å². The molecule has 1 aromatic heterocycles. The van der Waals surface area contributed by atoms with E-state index in [0.29, 0.717) is 18.1 Å². The van der Waals surface area contributed by atoms with E-state index in [2.05, 4.69) is 10.4 Å². The van der Waals surface area contributed by atoms with Gasteiger partial charge in [-0.15, -0.1) is 0 Å². The topological polar surface area (TPSA) is 113 Å². The summed E-state index contributed by atoms with van der Waals surface area (Å²) < 4.78 is 10.9. The Morgan fingerprint density at radius 2 is 2.10 bits per heavy atom. The highest BCUT2D eigenvalue weighted by Crippen LogP contribution is 2.28. The molecule has 0 spiro atoms. The molecular weight excluding hydrogens is 276 g/mol. The first-order valence-corrected chi connectivity index (χ1v) is 6.16. The van der Waals surface area contributed by atoms with Gasteiger partial charge in [0.1, 0.15) is 11.5 Å². The van der Waals surface area contributed by atoms with E-state index in [1.165, 1.54) is 12.1 Å². The lowest BCUT2D eigenvalue weighted by Gasteiger charge is -2.08. The Balaban J connectivity index is 2.28. The van der Waals surface area contributed by atoms with Crippen LogP contribution in [0, 0.1) is 10.1 Å². The first kappa shape index (κ1) is 14.5. The molecule has 0 atom stereocenters. The maximum absolute atomic E-state index is 10.8. The number of rotatable bonds is 6. The summed E-state index contributed by atoms with van der Waals surface area (Å²) in [7, 11) is 0. The number of hydrazine groups is 1. The predicted molar refractivity (Wildman–Crippen MR) is 76.4 cm³/mol. The molecule has 0 aliphatic rings. The fourth-order valence-corrected chi connectivity index (χ4v) is 1.64. The van der Waals surface area contributed by atoms with Gasteiger partial charge < -0.3 is 14.9 Å². The van der Waals surface area contributed by atoms with Crippen LogP contribution in [-0.4, -0.2) is 16.5 Å². The zero-order chi connectivity index (χ0) is 15.2. The Hall–Kier alpha value is -2.87. The van der Waals surface area contributed by atoms with Crippen molar-refractivity contribution in [3.8, 4) is 17.4 Å².